The van der Waals surface area contributed by atoms with Crippen molar-refractivity contribution in [3.8, 4) is 5.75 Å². The zero-order chi connectivity index (χ0) is 22.9. The van der Waals surface area contributed by atoms with Crippen molar-refractivity contribution in [2.75, 3.05) is 44.6 Å². The summed E-state index contributed by atoms with van der Waals surface area (Å²) in [6.07, 6.45) is 2.72. The van der Waals surface area contributed by atoms with E-state index in [0.717, 1.165) is 42.2 Å². The number of carbonyl (C=O) groups is 1. The molecule has 170 valence electrons. The molecule has 0 spiro atoms. The number of anilines is 4. The first-order valence-corrected chi connectivity index (χ1v) is 11.0. The van der Waals surface area contributed by atoms with Crippen molar-refractivity contribution >= 4 is 29.1 Å². The van der Waals surface area contributed by atoms with Crippen molar-refractivity contribution in [3.05, 3.63) is 65.4 Å². The Morgan fingerprint density at radius 1 is 1.15 bits per heavy atom. The summed E-state index contributed by atoms with van der Waals surface area (Å²) in [5.74, 6) is 1.35. The zero-order valence-electron chi connectivity index (χ0n) is 19.0. The fraction of sp³-hybridized carbons (Fsp3) is 0.320. The highest BCUT2D eigenvalue weighted by atomic mass is 16.5. The third-order valence-electron chi connectivity index (χ3n) is 6.34. The maximum absolute atomic E-state index is 12.4. The van der Waals surface area contributed by atoms with Gasteiger partial charge in [-0.1, -0.05) is 18.2 Å². The molecule has 8 nitrogen and oxygen atoms in total. The Hall–Kier alpha value is -3.65. The average molecular weight is 446 g/mol. The summed E-state index contributed by atoms with van der Waals surface area (Å²) in [5.41, 5.74) is 5.31. The predicted octanol–water partition coefficient (Wildman–Crippen LogP) is 3.63. The number of nitrogens with zero attached hydrogens (tertiary/aromatic N) is 4. The van der Waals surface area contributed by atoms with Gasteiger partial charge in [0, 0.05) is 31.5 Å². The van der Waals surface area contributed by atoms with Gasteiger partial charge in [0.05, 0.1) is 19.9 Å². The van der Waals surface area contributed by atoms with Gasteiger partial charge in [0.1, 0.15) is 17.5 Å². The molecule has 33 heavy (non-hydrogen) atoms. The lowest BCUT2D eigenvalue weighted by Crippen LogP contribution is -2.26. The Bertz CT molecular complexity index is 1200. The van der Waals surface area contributed by atoms with Gasteiger partial charge < -0.3 is 24.6 Å². The van der Waals surface area contributed by atoms with Crippen molar-refractivity contribution < 1.29 is 14.3 Å². The molecule has 8 heteroatoms. The van der Waals surface area contributed by atoms with Crippen LogP contribution in [0.5, 0.6) is 5.75 Å². The van der Waals surface area contributed by atoms with E-state index in [0.29, 0.717) is 18.3 Å². The molecule has 0 saturated heterocycles. The van der Waals surface area contributed by atoms with Crippen molar-refractivity contribution in [1.82, 2.24) is 14.9 Å². The number of ether oxygens (including phenoxy) is 2. The fourth-order valence-corrected chi connectivity index (χ4v) is 4.64. The summed E-state index contributed by atoms with van der Waals surface area (Å²) in [7, 11) is 5.22. The second-order valence-corrected chi connectivity index (χ2v) is 8.42. The minimum Gasteiger partial charge on any atom is -0.495 e. The molecule has 0 radical (unpaired) electrons. The van der Waals surface area contributed by atoms with Gasteiger partial charge in [0.2, 0.25) is 5.95 Å². The van der Waals surface area contributed by atoms with Crippen LogP contribution >= 0.6 is 0 Å². The van der Waals surface area contributed by atoms with Crippen LogP contribution in [0.2, 0.25) is 0 Å². The topological polar surface area (TPSA) is 79.8 Å². The molecule has 3 aromatic rings. The first-order valence-electron chi connectivity index (χ1n) is 11.0. The van der Waals surface area contributed by atoms with Gasteiger partial charge in [-0.25, -0.2) is 4.98 Å². The van der Waals surface area contributed by atoms with Crippen LogP contribution in [0, 0.1) is 0 Å². The minimum absolute atomic E-state index is 0.249. The highest BCUT2D eigenvalue weighted by molar-refractivity contribution is 5.86. The van der Waals surface area contributed by atoms with E-state index in [4.69, 9.17) is 14.5 Å². The zero-order valence-corrected chi connectivity index (χ0v) is 19.0. The molecule has 1 aromatic heterocycles. The number of rotatable bonds is 5. The number of benzene rings is 2. The van der Waals surface area contributed by atoms with Gasteiger partial charge in [-0.15, -0.1) is 0 Å². The van der Waals surface area contributed by atoms with Crippen molar-refractivity contribution in [3.63, 3.8) is 0 Å². The number of esters is 1. The van der Waals surface area contributed by atoms with Gasteiger partial charge in [-0.2, -0.15) is 4.98 Å². The van der Waals surface area contributed by atoms with Crippen molar-refractivity contribution in [1.29, 1.82) is 0 Å². The van der Waals surface area contributed by atoms with Crippen LogP contribution in [-0.4, -0.2) is 55.2 Å². The number of methoxy groups -OCH3 is 2. The van der Waals surface area contributed by atoms with E-state index in [1.165, 1.54) is 18.2 Å². The lowest BCUT2D eigenvalue weighted by atomic mass is 9.99. The van der Waals surface area contributed by atoms with E-state index >= 15 is 0 Å². The Morgan fingerprint density at radius 3 is 2.82 bits per heavy atom. The monoisotopic (exact) mass is 445 g/mol. The summed E-state index contributed by atoms with van der Waals surface area (Å²) >= 11 is 0. The van der Waals surface area contributed by atoms with E-state index in [9.17, 15) is 4.79 Å². The standard InChI is InChI=1S/C25H27N5O3/c1-29-11-9-16-13-22(32-2)20(12-17(16)14-29)27-25-26-10-8-23(28-25)30-15-19(24(31)33-3)18-6-4-5-7-21(18)30/h4-8,10,12-13,19H,9,11,14-15H2,1-3H3,(H,26,27,28). The first-order chi connectivity index (χ1) is 16.1. The minimum atomic E-state index is -0.352. The molecule has 2 aromatic carbocycles. The molecular formula is C25H27N5O3. The van der Waals surface area contributed by atoms with Crippen LogP contribution in [0.4, 0.5) is 23.1 Å². The number of likely N-dealkylation sites (N-methyl/N-ethyl adjacent to an activating group) is 1. The third-order valence-corrected chi connectivity index (χ3v) is 6.34. The Labute approximate surface area is 193 Å². The smallest absolute Gasteiger partial charge is 0.315 e. The number of carbonyl (C=O) groups excluding carboxylic acids is 1. The number of nitrogens with one attached hydrogen (secondary N) is 1. The maximum Gasteiger partial charge on any atom is 0.315 e. The quantitative estimate of drug-likeness (QED) is 0.597. The molecule has 0 aliphatic carbocycles. The normalized spacial score (nSPS) is 17.3. The van der Waals surface area contributed by atoms with Crippen LogP contribution in [0.15, 0.2) is 48.7 Å². The van der Waals surface area contributed by atoms with Crippen LogP contribution in [0.25, 0.3) is 0 Å². The number of hydrogen-bond donors (Lipinski definition) is 1. The number of para-hydroxylation sites is 1. The molecule has 1 unspecified atom stereocenters. The number of aromatic nitrogens is 2. The lowest BCUT2D eigenvalue weighted by molar-refractivity contribution is -0.142. The Balaban J connectivity index is 1.45. The van der Waals surface area contributed by atoms with Crippen LogP contribution in [0.3, 0.4) is 0 Å². The number of fused-ring (bicyclic) bond motifs is 2. The van der Waals surface area contributed by atoms with Crippen LogP contribution < -0.4 is 15.0 Å². The van der Waals surface area contributed by atoms with Crippen LogP contribution in [-0.2, 0) is 22.5 Å². The summed E-state index contributed by atoms with van der Waals surface area (Å²) in [6, 6.07) is 13.9. The molecule has 0 amide bonds. The average Bonchev–Trinajstić information content (AvgIpc) is 3.23. The Kier molecular flexibility index (Phi) is 5.60. The molecule has 3 heterocycles. The molecular weight excluding hydrogens is 418 g/mol. The van der Waals surface area contributed by atoms with Gasteiger partial charge in [-0.3, -0.25) is 4.79 Å². The number of hydrogen-bond acceptors (Lipinski definition) is 8. The maximum atomic E-state index is 12.4. The summed E-state index contributed by atoms with van der Waals surface area (Å²) < 4.78 is 10.7. The van der Waals surface area contributed by atoms with E-state index in [1.54, 1.807) is 13.3 Å². The summed E-state index contributed by atoms with van der Waals surface area (Å²) in [5, 5.41) is 3.34. The van der Waals surface area contributed by atoms with E-state index in [-0.39, 0.29) is 11.9 Å². The lowest BCUT2D eigenvalue weighted by Gasteiger charge is -2.26. The van der Waals surface area contributed by atoms with Crippen LogP contribution in [0.1, 0.15) is 22.6 Å². The van der Waals surface area contributed by atoms with Gasteiger partial charge in [-0.05, 0) is 54.4 Å². The Morgan fingerprint density at radius 2 is 2.00 bits per heavy atom. The van der Waals surface area contributed by atoms with Gasteiger partial charge >= 0.3 is 5.97 Å². The van der Waals surface area contributed by atoms with Gasteiger partial charge in [0.15, 0.2) is 0 Å². The highest BCUT2D eigenvalue weighted by Gasteiger charge is 2.35. The molecule has 5 rings (SSSR count). The van der Waals surface area contributed by atoms with Gasteiger partial charge in [0.25, 0.3) is 0 Å². The van der Waals surface area contributed by atoms with Crippen molar-refractivity contribution in [2.24, 2.45) is 0 Å². The fourth-order valence-electron chi connectivity index (χ4n) is 4.64. The van der Waals surface area contributed by atoms with E-state index in [1.807, 2.05) is 35.2 Å². The predicted molar refractivity (Wildman–Crippen MR) is 127 cm³/mol. The van der Waals surface area contributed by atoms with E-state index in [2.05, 4.69) is 34.4 Å². The molecule has 0 fully saturated rings. The highest BCUT2D eigenvalue weighted by Crippen LogP contribution is 2.41. The molecule has 2 aliphatic rings. The molecule has 0 saturated carbocycles. The SMILES string of the molecule is COC(=O)C1CN(c2ccnc(Nc3cc4c(cc3OC)CCN(C)C4)n2)c2ccccc21. The van der Waals surface area contributed by atoms with Crippen molar-refractivity contribution in [2.45, 2.75) is 18.9 Å². The summed E-state index contributed by atoms with van der Waals surface area (Å²) in [4.78, 5) is 25.9. The largest absolute Gasteiger partial charge is 0.495 e. The second kappa shape index (κ2) is 8.71. The summed E-state index contributed by atoms with van der Waals surface area (Å²) in [6.45, 7) is 2.41. The molecule has 1 N–H and O–H groups in total. The third kappa shape index (κ3) is 3.98. The second-order valence-electron chi connectivity index (χ2n) is 8.42. The van der Waals surface area contributed by atoms with E-state index < -0.39 is 0 Å². The first kappa shape index (κ1) is 21.2. The molecule has 2 aliphatic heterocycles. The molecule has 1 atom stereocenters. The molecule has 0 bridgehead atoms.